The molecule has 0 spiro atoms. The molecule has 0 aromatic heterocycles. The molecule has 22 heavy (non-hydrogen) atoms. The Morgan fingerprint density at radius 2 is 1.86 bits per heavy atom. The topological polar surface area (TPSA) is 58.6 Å². The fourth-order valence-electron chi connectivity index (χ4n) is 1.44. The average Bonchev–Trinajstić information content (AvgIpc) is 2.54. The quantitative estimate of drug-likeness (QED) is 0.807. The van der Waals surface area contributed by atoms with Crippen molar-refractivity contribution in [3.63, 3.8) is 0 Å². The van der Waals surface area contributed by atoms with Crippen LogP contribution in [0.15, 0.2) is 24.3 Å². The van der Waals surface area contributed by atoms with Crippen molar-refractivity contribution in [1.82, 2.24) is 10.2 Å². The summed E-state index contributed by atoms with van der Waals surface area (Å²) in [6.07, 6.45) is -0.0171. The molecule has 0 saturated heterocycles. The zero-order valence-electron chi connectivity index (χ0n) is 13.8. The molecule has 0 aliphatic rings. The van der Waals surface area contributed by atoms with Gasteiger partial charge in [-0.3, -0.25) is 4.79 Å². The number of nitrogens with zero attached hydrogens (tertiary/aromatic N) is 1. The molecule has 6 heteroatoms. The van der Waals surface area contributed by atoms with Gasteiger partial charge in [-0.1, -0.05) is 20.8 Å². The van der Waals surface area contributed by atoms with Gasteiger partial charge >= 0.3 is 6.09 Å². The average molecular weight is 344 g/mol. The number of carbonyl (C=O) groups is 2. The first-order valence-electron chi connectivity index (χ1n) is 7.23. The molecule has 0 saturated carbocycles. The van der Waals surface area contributed by atoms with Gasteiger partial charge in [0.2, 0.25) is 5.91 Å². The maximum absolute atomic E-state index is 11.4. The van der Waals surface area contributed by atoms with Gasteiger partial charge in [0.05, 0.1) is 6.61 Å². The number of carbonyl (C=O) groups excluding carboxylic acids is 2. The molecule has 5 nitrogen and oxygen atoms in total. The molecular weight excluding hydrogens is 319 g/mol. The van der Waals surface area contributed by atoms with Crippen molar-refractivity contribution in [2.75, 3.05) is 20.1 Å². The molecular formula is C16H25N2O3V-. The van der Waals surface area contributed by atoms with Crippen LogP contribution in [-0.4, -0.2) is 37.0 Å². The normalized spacial score (nSPS) is 8.73. The molecule has 1 aromatic rings. The Morgan fingerprint density at radius 1 is 1.27 bits per heavy atom. The van der Waals surface area contributed by atoms with Gasteiger partial charge < -0.3 is 15.0 Å². The van der Waals surface area contributed by atoms with Crippen molar-refractivity contribution in [2.24, 2.45) is 0 Å². The van der Waals surface area contributed by atoms with Gasteiger partial charge in [-0.25, -0.2) is 4.79 Å². The molecule has 123 valence electrons. The maximum atomic E-state index is 11.4. The number of hydrogen-bond acceptors (Lipinski definition) is 3. The monoisotopic (exact) mass is 344 g/mol. The summed E-state index contributed by atoms with van der Waals surface area (Å²) in [4.78, 5) is 24.2. The van der Waals surface area contributed by atoms with E-state index in [4.69, 9.17) is 4.74 Å². The summed E-state index contributed by atoms with van der Waals surface area (Å²) in [5.74, 6) is 0.0516. The minimum atomic E-state index is -0.481. The number of amides is 2. The SMILES string of the molecule is CC.CCC(=O)N(C)CCNC(=O)OCc1cc[c-]cc1.[V]. The van der Waals surface area contributed by atoms with Gasteiger partial charge in [-0.2, -0.15) is 30.3 Å². The number of likely N-dealkylation sites (N-methyl/N-ethyl adjacent to an activating group) is 1. The van der Waals surface area contributed by atoms with E-state index < -0.39 is 6.09 Å². The van der Waals surface area contributed by atoms with E-state index in [0.717, 1.165) is 5.56 Å². The van der Waals surface area contributed by atoms with Crippen LogP contribution in [0.1, 0.15) is 32.8 Å². The summed E-state index contributed by atoms with van der Waals surface area (Å²) in [6, 6.07) is 10.1. The van der Waals surface area contributed by atoms with E-state index in [9.17, 15) is 9.59 Å². The fraction of sp³-hybridized carbons (Fsp3) is 0.500. The van der Waals surface area contributed by atoms with Crippen molar-refractivity contribution in [1.29, 1.82) is 0 Å². The predicted molar refractivity (Wildman–Crippen MR) is 82.7 cm³/mol. The second-order valence-electron chi connectivity index (χ2n) is 4.08. The van der Waals surface area contributed by atoms with Gasteiger partial charge in [0.15, 0.2) is 0 Å². The van der Waals surface area contributed by atoms with Crippen LogP contribution in [0, 0.1) is 6.07 Å². The molecule has 0 unspecified atom stereocenters. The Morgan fingerprint density at radius 3 is 2.41 bits per heavy atom. The molecule has 0 aliphatic heterocycles. The molecule has 0 aliphatic carbocycles. The van der Waals surface area contributed by atoms with Crippen molar-refractivity contribution in [3.05, 3.63) is 35.9 Å². The summed E-state index contributed by atoms with van der Waals surface area (Å²) >= 11 is 0. The molecule has 0 heterocycles. The van der Waals surface area contributed by atoms with Gasteiger partial charge in [0.1, 0.15) is 0 Å². The van der Waals surface area contributed by atoms with Crippen molar-refractivity contribution in [2.45, 2.75) is 33.8 Å². The van der Waals surface area contributed by atoms with E-state index in [1.54, 1.807) is 31.0 Å². The third-order valence-corrected chi connectivity index (χ3v) is 2.60. The first-order valence-corrected chi connectivity index (χ1v) is 7.23. The molecule has 1 rings (SSSR count). The Labute approximate surface area is 145 Å². The minimum Gasteiger partial charge on any atom is -0.447 e. The van der Waals surface area contributed by atoms with Crippen LogP contribution in [0.3, 0.4) is 0 Å². The largest absolute Gasteiger partial charge is 0.447 e. The van der Waals surface area contributed by atoms with Gasteiger partial charge in [0, 0.05) is 45.1 Å². The first kappa shape index (κ1) is 22.8. The molecule has 0 atom stereocenters. The summed E-state index contributed by atoms with van der Waals surface area (Å²) < 4.78 is 5.03. The smallest absolute Gasteiger partial charge is 0.407 e. The van der Waals surface area contributed by atoms with Crippen LogP contribution in [0.5, 0.6) is 0 Å². The molecule has 0 fully saturated rings. The Kier molecular flexibility index (Phi) is 15.0. The van der Waals surface area contributed by atoms with Crippen molar-refractivity contribution >= 4 is 12.0 Å². The zero-order chi connectivity index (χ0) is 16.1. The van der Waals surface area contributed by atoms with Crippen LogP contribution in [0.2, 0.25) is 0 Å². The molecule has 1 aromatic carbocycles. The van der Waals surface area contributed by atoms with Crippen molar-refractivity contribution in [3.8, 4) is 0 Å². The number of nitrogens with one attached hydrogen (secondary N) is 1. The molecule has 0 bridgehead atoms. The van der Waals surface area contributed by atoms with Crippen molar-refractivity contribution < 1.29 is 32.9 Å². The molecule has 1 N–H and O–H groups in total. The third kappa shape index (κ3) is 10.3. The summed E-state index contributed by atoms with van der Waals surface area (Å²) in [5.41, 5.74) is 0.909. The maximum Gasteiger partial charge on any atom is 0.407 e. The van der Waals surface area contributed by atoms with Gasteiger partial charge in [0.25, 0.3) is 0 Å². The second-order valence-corrected chi connectivity index (χ2v) is 4.08. The van der Waals surface area contributed by atoms with E-state index in [0.29, 0.717) is 19.5 Å². The minimum absolute atomic E-state index is 0. The number of ether oxygens (including phenoxy) is 1. The Balaban J connectivity index is 0. The number of alkyl carbamates (subject to hydrolysis) is 1. The van der Waals surface area contributed by atoms with Crippen LogP contribution < -0.4 is 5.32 Å². The van der Waals surface area contributed by atoms with Crippen LogP contribution in [-0.2, 0) is 34.7 Å². The summed E-state index contributed by atoms with van der Waals surface area (Å²) in [6.45, 7) is 6.88. The molecule has 2 amide bonds. The standard InChI is InChI=1S/C14H19N2O3.C2H6.V/c1-3-13(17)16(2)10-9-15-14(18)19-11-12-7-5-4-6-8-12;1-2;/h5-8H,3,9-11H2,1-2H3,(H,15,18);1-2H3;/q-1;;. The van der Waals surface area contributed by atoms with Crippen LogP contribution in [0.25, 0.3) is 0 Å². The van der Waals surface area contributed by atoms with E-state index >= 15 is 0 Å². The van der Waals surface area contributed by atoms with Gasteiger partial charge in [-0.15, -0.1) is 5.56 Å². The fourth-order valence-corrected chi connectivity index (χ4v) is 1.44. The third-order valence-electron chi connectivity index (χ3n) is 2.60. The second kappa shape index (κ2) is 14.5. The Hall–Kier alpha value is -1.46. The van der Waals surface area contributed by atoms with Gasteiger partial charge in [-0.05, 0) is 0 Å². The first-order chi connectivity index (χ1) is 10.1. The zero-order valence-corrected chi connectivity index (χ0v) is 15.2. The van der Waals surface area contributed by atoms with E-state index in [1.807, 2.05) is 26.0 Å². The molecule has 1 radical (unpaired) electrons. The van der Waals surface area contributed by atoms with Crippen LogP contribution >= 0.6 is 0 Å². The number of benzene rings is 1. The van der Waals surface area contributed by atoms with E-state index in [-0.39, 0.29) is 31.1 Å². The van der Waals surface area contributed by atoms with E-state index in [1.165, 1.54) is 0 Å². The van der Waals surface area contributed by atoms with Crippen LogP contribution in [0.4, 0.5) is 4.79 Å². The number of rotatable bonds is 6. The Bertz CT molecular complexity index is 413. The summed E-state index contributed by atoms with van der Waals surface area (Å²) in [7, 11) is 1.71. The predicted octanol–water partition coefficient (Wildman–Crippen LogP) is 2.61. The van der Waals surface area contributed by atoms with E-state index in [2.05, 4.69) is 11.4 Å². The number of hydrogen-bond donors (Lipinski definition) is 1. The summed E-state index contributed by atoms with van der Waals surface area (Å²) in [5, 5.41) is 2.60.